The molecule has 0 aliphatic carbocycles. The Bertz CT molecular complexity index is 754. The molecule has 2 aromatic rings. The molecule has 2 aromatic carbocycles. The zero-order valence-electron chi connectivity index (χ0n) is 14.8. The molecule has 0 aliphatic heterocycles. The van der Waals surface area contributed by atoms with E-state index >= 15 is 0 Å². The van der Waals surface area contributed by atoms with Crippen LogP contribution in [0.25, 0.3) is 0 Å². The quantitative estimate of drug-likeness (QED) is 0.625. The van der Waals surface area contributed by atoms with Crippen molar-refractivity contribution in [2.24, 2.45) is 0 Å². The molecule has 128 valence electrons. The number of hydrogen-bond acceptors (Lipinski definition) is 5. The Hall–Kier alpha value is -2.69. The first-order chi connectivity index (χ1) is 11.1. The van der Waals surface area contributed by atoms with E-state index in [-0.39, 0.29) is 11.5 Å². The first kappa shape index (κ1) is 17.7. The van der Waals surface area contributed by atoms with Crippen LogP contribution in [0, 0.1) is 41.5 Å². The van der Waals surface area contributed by atoms with Gasteiger partial charge in [-0.1, -0.05) is 0 Å². The number of aromatic hydroxyl groups is 2. The van der Waals surface area contributed by atoms with Crippen LogP contribution in [0.5, 0.6) is 23.0 Å². The van der Waals surface area contributed by atoms with E-state index in [9.17, 15) is 15.0 Å². The van der Waals surface area contributed by atoms with Crippen molar-refractivity contribution >= 4 is 6.16 Å². The number of carbonyl (C=O) groups is 1. The molecule has 0 radical (unpaired) electrons. The Morgan fingerprint density at radius 3 is 1.38 bits per heavy atom. The summed E-state index contributed by atoms with van der Waals surface area (Å²) < 4.78 is 10.6. The maximum absolute atomic E-state index is 12.1. The number of carbonyl (C=O) groups excluding carboxylic acids is 1. The summed E-state index contributed by atoms with van der Waals surface area (Å²) in [5.41, 5.74) is 3.90. The predicted molar refractivity (Wildman–Crippen MR) is 91.3 cm³/mol. The van der Waals surface area contributed by atoms with Crippen LogP contribution in [-0.4, -0.2) is 16.4 Å². The molecule has 0 saturated carbocycles. The summed E-state index contributed by atoms with van der Waals surface area (Å²) in [6.45, 7) is 10.5. The average molecular weight is 330 g/mol. The minimum absolute atomic E-state index is 0.189. The van der Waals surface area contributed by atoms with Gasteiger partial charge in [0, 0.05) is 0 Å². The van der Waals surface area contributed by atoms with E-state index < -0.39 is 6.16 Å². The normalized spacial score (nSPS) is 10.6. The monoisotopic (exact) mass is 330 g/mol. The van der Waals surface area contributed by atoms with Crippen LogP contribution in [0.2, 0.25) is 0 Å². The lowest BCUT2D eigenvalue weighted by Gasteiger charge is -2.15. The molecule has 0 aliphatic rings. The fourth-order valence-electron chi connectivity index (χ4n) is 2.48. The first-order valence-electron chi connectivity index (χ1n) is 7.62. The van der Waals surface area contributed by atoms with E-state index in [1.807, 2.05) is 0 Å². The largest absolute Gasteiger partial charge is 0.519 e. The van der Waals surface area contributed by atoms with Gasteiger partial charge in [0.25, 0.3) is 0 Å². The second-order valence-electron chi connectivity index (χ2n) is 6.03. The lowest BCUT2D eigenvalue weighted by atomic mass is 10.0. The van der Waals surface area contributed by atoms with Gasteiger partial charge in [-0.3, -0.25) is 0 Å². The van der Waals surface area contributed by atoms with E-state index in [1.165, 1.54) is 0 Å². The lowest BCUT2D eigenvalue weighted by molar-refractivity contribution is 0.151. The molecule has 0 heterocycles. The van der Waals surface area contributed by atoms with Gasteiger partial charge in [-0.15, -0.1) is 0 Å². The fraction of sp³-hybridized carbons (Fsp3) is 0.316. The highest BCUT2D eigenvalue weighted by atomic mass is 16.7. The second kappa shape index (κ2) is 6.43. The van der Waals surface area contributed by atoms with Crippen LogP contribution in [0.15, 0.2) is 12.1 Å². The second-order valence-corrected chi connectivity index (χ2v) is 6.03. The molecule has 0 saturated heterocycles. The van der Waals surface area contributed by atoms with Gasteiger partial charge < -0.3 is 19.7 Å². The van der Waals surface area contributed by atoms with Crippen LogP contribution >= 0.6 is 0 Å². The van der Waals surface area contributed by atoms with E-state index in [0.29, 0.717) is 44.9 Å². The van der Waals surface area contributed by atoms with Gasteiger partial charge in [-0.2, -0.15) is 0 Å². The van der Waals surface area contributed by atoms with E-state index in [1.54, 1.807) is 53.7 Å². The van der Waals surface area contributed by atoms with Crippen LogP contribution in [0.4, 0.5) is 4.79 Å². The van der Waals surface area contributed by atoms with Crippen LogP contribution in [0.3, 0.4) is 0 Å². The van der Waals surface area contributed by atoms with Gasteiger partial charge in [-0.05, 0) is 87.1 Å². The molecule has 2 N–H and O–H groups in total. The predicted octanol–water partition coefficient (Wildman–Crippen LogP) is 4.53. The van der Waals surface area contributed by atoms with Gasteiger partial charge in [0.1, 0.15) is 23.0 Å². The topological polar surface area (TPSA) is 76.0 Å². The zero-order valence-corrected chi connectivity index (χ0v) is 14.8. The fourth-order valence-corrected chi connectivity index (χ4v) is 2.48. The summed E-state index contributed by atoms with van der Waals surface area (Å²) in [4.78, 5) is 12.1. The van der Waals surface area contributed by atoms with Crippen molar-refractivity contribution in [3.63, 3.8) is 0 Å². The molecule has 0 spiro atoms. The van der Waals surface area contributed by atoms with Crippen molar-refractivity contribution in [1.82, 2.24) is 0 Å². The molecular weight excluding hydrogens is 308 g/mol. The SMILES string of the molecule is Cc1cc(OC(=O)Oc2cc(C)c(O)c(C)c2C)c(C)c(C)c1O. The van der Waals surface area contributed by atoms with Gasteiger partial charge in [0.15, 0.2) is 0 Å². The molecule has 2 rings (SSSR count). The van der Waals surface area contributed by atoms with E-state index in [0.717, 1.165) is 0 Å². The molecule has 0 amide bonds. The van der Waals surface area contributed by atoms with Crippen molar-refractivity contribution in [2.75, 3.05) is 0 Å². The molecular formula is C19H22O5. The van der Waals surface area contributed by atoms with Crippen molar-refractivity contribution in [2.45, 2.75) is 41.5 Å². The minimum Gasteiger partial charge on any atom is -0.507 e. The smallest absolute Gasteiger partial charge is 0.507 e. The Kier molecular flexibility index (Phi) is 4.73. The van der Waals surface area contributed by atoms with Crippen LogP contribution in [-0.2, 0) is 0 Å². The standard InChI is InChI=1S/C19H22O5/c1-9-7-15(11(3)13(5)17(9)20)23-19(22)24-16-8-10(2)18(21)14(6)12(16)4/h7-8,20-21H,1-6H3. The van der Waals surface area contributed by atoms with E-state index in [4.69, 9.17) is 9.47 Å². The third-order valence-electron chi connectivity index (χ3n) is 4.40. The van der Waals surface area contributed by atoms with Gasteiger partial charge in [-0.25, -0.2) is 4.79 Å². The number of hydrogen-bond donors (Lipinski definition) is 2. The summed E-state index contributed by atoms with van der Waals surface area (Å²) in [5, 5.41) is 19.8. The van der Waals surface area contributed by atoms with E-state index in [2.05, 4.69) is 0 Å². The maximum Gasteiger partial charge on any atom is 0.519 e. The summed E-state index contributed by atoms with van der Waals surface area (Å²) in [6.07, 6.45) is -0.866. The molecule has 0 unspecified atom stereocenters. The average Bonchev–Trinajstić information content (AvgIpc) is 2.53. The first-order valence-corrected chi connectivity index (χ1v) is 7.62. The zero-order chi connectivity index (χ0) is 18.2. The Labute approximate surface area is 141 Å². The summed E-state index contributed by atoms with van der Waals surface area (Å²) >= 11 is 0. The number of aryl methyl sites for hydroxylation is 2. The van der Waals surface area contributed by atoms with Gasteiger partial charge in [0.05, 0.1) is 0 Å². The molecule has 0 aromatic heterocycles. The number of rotatable bonds is 2. The number of phenolic OH excluding ortho intramolecular Hbond substituents is 2. The van der Waals surface area contributed by atoms with Gasteiger partial charge >= 0.3 is 6.16 Å². The summed E-state index contributed by atoms with van der Waals surface area (Å²) in [6, 6.07) is 3.19. The summed E-state index contributed by atoms with van der Waals surface area (Å²) in [7, 11) is 0. The molecule has 5 nitrogen and oxygen atoms in total. The highest BCUT2D eigenvalue weighted by Gasteiger charge is 2.17. The van der Waals surface area contributed by atoms with Crippen molar-refractivity contribution < 1.29 is 24.5 Å². The molecule has 0 fully saturated rings. The molecule has 0 bridgehead atoms. The van der Waals surface area contributed by atoms with Crippen LogP contribution in [0.1, 0.15) is 33.4 Å². The summed E-state index contributed by atoms with van der Waals surface area (Å²) in [5.74, 6) is 1.07. The highest BCUT2D eigenvalue weighted by molar-refractivity contribution is 5.70. The van der Waals surface area contributed by atoms with Crippen molar-refractivity contribution in [1.29, 1.82) is 0 Å². The third kappa shape index (κ3) is 3.15. The van der Waals surface area contributed by atoms with Crippen molar-refractivity contribution in [3.8, 4) is 23.0 Å². The third-order valence-corrected chi connectivity index (χ3v) is 4.40. The molecule has 0 atom stereocenters. The Morgan fingerprint density at radius 1 is 0.708 bits per heavy atom. The lowest BCUT2D eigenvalue weighted by Crippen LogP contribution is -2.15. The Morgan fingerprint density at radius 2 is 1.04 bits per heavy atom. The van der Waals surface area contributed by atoms with Crippen molar-refractivity contribution in [3.05, 3.63) is 45.5 Å². The number of phenols is 2. The molecule has 24 heavy (non-hydrogen) atoms. The molecule has 5 heteroatoms. The minimum atomic E-state index is -0.866. The highest BCUT2D eigenvalue weighted by Crippen LogP contribution is 2.34. The van der Waals surface area contributed by atoms with Crippen LogP contribution < -0.4 is 9.47 Å². The van der Waals surface area contributed by atoms with Gasteiger partial charge in [0.2, 0.25) is 0 Å². The number of benzene rings is 2. The maximum atomic E-state index is 12.1. The number of ether oxygens (including phenoxy) is 2. The Balaban J connectivity index is 2.27.